The first kappa shape index (κ1) is 11.5. The Hall–Kier alpha value is -2.02. The fourth-order valence-corrected chi connectivity index (χ4v) is 1.72. The number of nitrogens with two attached hydrogens (primary N) is 1. The maximum absolute atomic E-state index is 5.73. The average Bonchev–Trinajstić information content (AvgIpc) is 2.68. The molecular weight excluding hydrogens is 240 g/mol. The number of aromatic nitrogens is 3. The minimum atomic E-state index is 0.283. The van der Waals surface area contributed by atoms with E-state index in [1.807, 2.05) is 0 Å². The predicted molar refractivity (Wildman–Crippen MR) is 66.3 cm³/mol. The lowest BCUT2D eigenvalue weighted by atomic mass is 10.2. The largest absolute Gasteiger partial charge is 0.497 e. The van der Waals surface area contributed by atoms with Crippen LogP contribution in [-0.4, -0.2) is 29.0 Å². The molecule has 7 heteroatoms. The molecule has 6 nitrogen and oxygen atoms in total. The van der Waals surface area contributed by atoms with Crippen molar-refractivity contribution in [2.75, 3.05) is 20.0 Å². The van der Waals surface area contributed by atoms with Crippen molar-refractivity contribution in [1.82, 2.24) is 14.8 Å². The van der Waals surface area contributed by atoms with Crippen LogP contribution < -0.4 is 15.2 Å². The molecule has 0 bridgehead atoms. The highest BCUT2D eigenvalue weighted by atomic mass is 32.1. The van der Waals surface area contributed by atoms with Crippen LogP contribution in [0.4, 0.5) is 5.95 Å². The molecule has 0 radical (unpaired) electrons. The number of hydrogen-bond acceptors (Lipinski definition) is 5. The van der Waals surface area contributed by atoms with E-state index < -0.39 is 0 Å². The molecule has 0 aliphatic rings. The SMILES string of the molecule is COc1cc(OC)cc(-n2c(N)n[nH]c2=S)c1. The van der Waals surface area contributed by atoms with Crippen LogP contribution in [0.25, 0.3) is 5.69 Å². The number of ether oxygens (including phenoxy) is 2. The summed E-state index contributed by atoms with van der Waals surface area (Å²) in [6, 6.07) is 5.36. The third-order valence-corrected chi connectivity index (χ3v) is 2.57. The first-order valence-corrected chi connectivity index (χ1v) is 5.23. The smallest absolute Gasteiger partial charge is 0.225 e. The lowest BCUT2D eigenvalue weighted by Gasteiger charge is -2.09. The van der Waals surface area contributed by atoms with Crippen molar-refractivity contribution in [2.24, 2.45) is 0 Å². The predicted octanol–water partition coefficient (Wildman–Crippen LogP) is 1.53. The van der Waals surface area contributed by atoms with Gasteiger partial charge in [-0.25, -0.2) is 5.10 Å². The van der Waals surface area contributed by atoms with Crippen molar-refractivity contribution in [2.45, 2.75) is 0 Å². The Morgan fingerprint density at radius 1 is 1.24 bits per heavy atom. The summed E-state index contributed by atoms with van der Waals surface area (Å²) < 4.78 is 12.4. The number of benzene rings is 1. The van der Waals surface area contributed by atoms with E-state index in [1.165, 1.54) is 0 Å². The number of methoxy groups -OCH3 is 2. The highest BCUT2D eigenvalue weighted by molar-refractivity contribution is 7.71. The monoisotopic (exact) mass is 252 g/mol. The lowest BCUT2D eigenvalue weighted by molar-refractivity contribution is 0.394. The summed E-state index contributed by atoms with van der Waals surface area (Å²) in [6.45, 7) is 0. The van der Waals surface area contributed by atoms with Gasteiger partial charge in [0.05, 0.1) is 19.9 Å². The van der Waals surface area contributed by atoms with Gasteiger partial charge in [-0.1, -0.05) is 0 Å². The summed E-state index contributed by atoms with van der Waals surface area (Å²) in [5.74, 6) is 1.59. The van der Waals surface area contributed by atoms with Crippen LogP contribution in [0.2, 0.25) is 0 Å². The first-order chi connectivity index (χ1) is 8.15. The molecule has 0 saturated heterocycles. The van der Waals surface area contributed by atoms with Crippen LogP contribution in [0, 0.1) is 4.77 Å². The van der Waals surface area contributed by atoms with E-state index in [1.54, 1.807) is 37.0 Å². The molecular formula is C10H12N4O2S. The van der Waals surface area contributed by atoms with Crippen molar-refractivity contribution < 1.29 is 9.47 Å². The minimum absolute atomic E-state index is 0.283. The average molecular weight is 252 g/mol. The molecule has 2 rings (SSSR count). The van der Waals surface area contributed by atoms with Gasteiger partial charge >= 0.3 is 0 Å². The topological polar surface area (TPSA) is 78.1 Å². The summed E-state index contributed by atoms with van der Waals surface area (Å²) in [5.41, 5.74) is 6.46. The highest BCUT2D eigenvalue weighted by Crippen LogP contribution is 2.26. The van der Waals surface area contributed by atoms with Gasteiger partial charge in [0, 0.05) is 18.2 Å². The van der Waals surface area contributed by atoms with Crippen molar-refractivity contribution in [1.29, 1.82) is 0 Å². The fraction of sp³-hybridized carbons (Fsp3) is 0.200. The van der Waals surface area contributed by atoms with E-state index in [4.69, 9.17) is 27.4 Å². The number of rotatable bonds is 3. The van der Waals surface area contributed by atoms with Gasteiger partial charge in [0.2, 0.25) is 10.7 Å². The van der Waals surface area contributed by atoms with Crippen molar-refractivity contribution in [3.63, 3.8) is 0 Å². The van der Waals surface area contributed by atoms with Gasteiger partial charge < -0.3 is 15.2 Å². The van der Waals surface area contributed by atoms with Gasteiger partial charge in [-0.2, -0.15) is 0 Å². The molecule has 0 spiro atoms. The molecule has 0 saturated carbocycles. The number of anilines is 1. The second-order valence-corrected chi connectivity index (χ2v) is 3.68. The van der Waals surface area contributed by atoms with E-state index in [2.05, 4.69) is 10.2 Å². The standard InChI is InChI=1S/C10H12N4O2S/c1-15-7-3-6(4-8(5-7)16-2)14-9(11)12-13-10(14)17/h3-5H,1-2H3,(H2,11,12)(H,13,17). The Morgan fingerprint density at radius 3 is 2.24 bits per heavy atom. The Balaban J connectivity index is 2.63. The second-order valence-electron chi connectivity index (χ2n) is 3.29. The highest BCUT2D eigenvalue weighted by Gasteiger charge is 2.08. The number of nitrogens with zero attached hydrogens (tertiary/aromatic N) is 2. The molecule has 1 aromatic carbocycles. The Labute approximate surface area is 103 Å². The number of nitrogens with one attached hydrogen (secondary N) is 1. The van der Waals surface area contributed by atoms with Crippen LogP contribution in [0.15, 0.2) is 18.2 Å². The molecule has 0 amide bonds. The molecule has 1 heterocycles. The Bertz CT molecular complexity index is 568. The molecule has 1 aromatic heterocycles. The van der Waals surface area contributed by atoms with Crippen molar-refractivity contribution in [3.8, 4) is 17.2 Å². The second kappa shape index (κ2) is 4.46. The van der Waals surface area contributed by atoms with E-state index in [-0.39, 0.29) is 5.95 Å². The summed E-state index contributed by atoms with van der Waals surface area (Å²) >= 11 is 5.10. The van der Waals surface area contributed by atoms with Gasteiger partial charge in [0.15, 0.2) is 0 Å². The van der Waals surface area contributed by atoms with Crippen LogP contribution in [0.3, 0.4) is 0 Å². The number of H-pyrrole nitrogens is 1. The normalized spacial score (nSPS) is 10.2. The molecule has 0 aliphatic heterocycles. The fourth-order valence-electron chi connectivity index (χ4n) is 1.48. The van der Waals surface area contributed by atoms with Gasteiger partial charge in [0.25, 0.3) is 0 Å². The molecule has 90 valence electrons. The van der Waals surface area contributed by atoms with Gasteiger partial charge in [-0.05, 0) is 12.2 Å². The van der Waals surface area contributed by atoms with Crippen LogP contribution in [0.5, 0.6) is 11.5 Å². The molecule has 17 heavy (non-hydrogen) atoms. The summed E-state index contributed by atoms with van der Waals surface area (Å²) in [6.07, 6.45) is 0. The van der Waals surface area contributed by atoms with Gasteiger partial charge in [-0.15, -0.1) is 5.10 Å². The summed E-state index contributed by atoms with van der Waals surface area (Å²) in [7, 11) is 3.16. The quantitative estimate of drug-likeness (QED) is 0.810. The molecule has 0 fully saturated rings. The first-order valence-electron chi connectivity index (χ1n) is 4.82. The molecule has 2 aromatic rings. The third-order valence-electron chi connectivity index (χ3n) is 2.29. The van der Waals surface area contributed by atoms with E-state index >= 15 is 0 Å². The molecule has 0 atom stereocenters. The minimum Gasteiger partial charge on any atom is -0.497 e. The third kappa shape index (κ3) is 2.09. The van der Waals surface area contributed by atoms with Crippen molar-refractivity contribution in [3.05, 3.63) is 23.0 Å². The maximum atomic E-state index is 5.73. The van der Waals surface area contributed by atoms with Gasteiger partial charge in [-0.3, -0.25) is 4.57 Å². The lowest BCUT2D eigenvalue weighted by Crippen LogP contribution is -2.01. The molecule has 0 aliphatic carbocycles. The zero-order chi connectivity index (χ0) is 12.4. The zero-order valence-corrected chi connectivity index (χ0v) is 10.2. The Morgan fingerprint density at radius 2 is 1.82 bits per heavy atom. The molecule has 3 N–H and O–H groups in total. The maximum Gasteiger partial charge on any atom is 0.225 e. The number of hydrogen-bond donors (Lipinski definition) is 2. The summed E-state index contributed by atoms with van der Waals surface area (Å²) in [4.78, 5) is 0. The van der Waals surface area contributed by atoms with Crippen LogP contribution in [-0.2, 0) is 0 Å². The number of nitrogen functional groups attached to an aromatic ring is 1. The van der Waals surface area contributed by atoms with Crippen LogP contribution >= 0.6 is 12.2 Å². The summed E-state index contributed by atoms with van der Waals surface area (Å²) in [5, 5.41) is 6.46. The number of aromatic amines is 1. The van der Waals surface area contributed by atoms with E-state index in [0.29, 0.717) is 16.3 Å². The van der Waals surface area contributed by atoms with Gasteiger partial charge in [0.1, 0.15) is 11.5 Å². The molecule has 0 unspecified atom stereocenters. The van der Waals surface area contributed by atoms with Crippen molar-refractivity contribution >= 4 is 18.2 Å². The Kier molecular flexibility index (Phi) is 3.01. The van der Waals surface area contributed by atoms with E-state index in [0.717, 1.165) is 5.69 Å². The van der Waals surface area contributed by atoms with E-state index in [9.17, 15) is 0 Å². The zero-order valence-electron chi connectivity index (χ0n) is 9.43. The van der Waals surface area contributed by atoms with Crippen LogP contribution in [0.1, 0.15) is 0 Å².